The van der Waals surface area contributed by atoms with E-state index in [1.54, 1.807) is 0 Å². The minimum Gasteiger partial charge on any atom is -0.486 e. The highest BCUT2D eigenvalue weighted by atomic mass is 31.3. The molecule has 0 radical (unpaired) electrons. The van der Waals surface area contributed by atoms with Gasteiger partial charge in [-0.2, -0.15) is 0 Å². The van der Waals surface area contributed by atoms with Crippen LogP contribution < -0.4 is 42.0 Å². The maximum atomic E-state index is 6.88. The molecule has 1 fully saturated rings. The Morgan fingerprint density at radius 1 is 0.290 bits per heavy atom. The Balaban J connectivity index is 1.93. The fourth-order valence-corrected chi connectivity index (χ4v) is 9.31. The van der Waals surface area contributed by atoms with Gasteiger partial charge in [0, 0.05) is 0 Å². The maximum Gasteiger partial charge on any atom is 0.413 e. The average Bonchev–Trinajstić information content (AvgIpc) is 3.19. The molecule has 3 aromatic rings. The van der Waals surface area contributed by atoms with E-state index in [1.165, 1.54) is 0 Å². The van der Waals surface area contributed by atoms with Crippen molar-refractivity contribution in [3.05, 3.63) is 54.6 Å². The first-order valence-electron chi connectivity index (χ1n) is 24.3. The van der Waals surface area contributed by atoms with E-state index < -0.39 is 25.8 Å². The highest BCUT2D eigenvalue weighted by Gasteiger charge is 2.45. The molecule has 0 N–H and O–H groups in total. The van der Waals surface area contributed by atoms with Gasteiger partial charge in [0.25, 0.3) is 0 Å². The van der Waals surface area contributed by atoms with Gasteiger partial charge in [-0.05, 0) is 110 Å². The lowest BCUT2D eigenvalue weighted by Crippen LogP contribution is -2.30. The number of para-hydroxylation sites is 3. The molecule has 0 aliphatic carbocycles. The van der Waals surface area contributed by atoms with Gasteiger partial charge in [-0.3, -0.25) is 0 Å². The van der Waals surface area contributed by atoms with E-state index >= 15 is 0 Å². The molecule has 1 aliphatic heterocycles. The van der Waals surface area contributed by atoms with Crippen molar-refractivity contribution in [1.29, 1.82) is 0 Å². The van der Waals surface area contributed by atoms with E-state index in [-0.39, 0.29) is 69.1 Å². The Morgan fingerprint density at radius 2 is 0.435 bits per heavy atom. The van der Waals surface area contributed by atoms with Gasteiger partial charge in [0.2, 0.25) is 17.2 Å². The van der Waals surface area contributed by atoms with Crippen molar-refractivity contribution >= 4 is 25.8 Å². The van der Waals surface area contributed by atoms with Gasteiger partial charge in [0.15, 0.2) is 34.5 Å². The van der Waals surface area contributed by atoms with Crippen molar-refractivity contribution in [1.82, 2.24) is 0 Å². The molecule has 69 heavy (non-hydrogen) atoms. The molecule has 15 heteroatoms. The van der Waals surface area contributed by atoms with Crippen LogP contribution in [0.2, 0.25) is 0 Å². The Morgan fingerprint density at radius 3 is 0.565 bits per heavy atom. The summed E-state index contributed by atoms with van der Waals surface area (Å²) in [7, 11) is -7.13. The summed E-state index contributed by atoms with van der Waals surface area (Å²) in [5.41, 5.74) is -1.23. The number of rotatable bonds is 18. The topological polar surface area (TPSA) is 111 Å². The summed E-state index contributed by atoms with van der Waals surface area (Å²) in [6.45, 7) is 50.4. The molecular formula is C54H87O12P3. The average molecular weight is 1020 g/mol. The monoisotopic (exact) mass is 1020 g/mol. The second-order valence-corrected chi connectivity index (χ2v) is 28.5. The largest absolute Gasteiger partial charge is 0.486 e. The molecular weight excluding hydrogens is 934 g/mol. The SMILES string of the molecule is CC(Oc1cccc(OC(C)C(C)(C)C)c1OP1OP(Oc2c(OC(C)C(C)(C)C)cccc2OC(C)C(C)(C)C)OP(Oc2c(OC(C)C(C)(C)C)cccc2OC(C)C(C)(C)C)O1)C(C)(C)C. The fraction of sp³-hybridized carbons (Fsp3) is 0.667. The molecule has 6 unspecified atom stereocenters. The van der Waals surface area contributed by atoms with Crippen LogP contribution in [0, 0.1) is 32.5 Å². The molecule has 390 valence electrons. The summed E-state index contributed by atoms with van der Waals surface area (Å²) >= 11 is 0. The third kappa shape index (κ3) is 17.1. The summed E-state index contributed by atoms with van der Waals surface area (Å²) in [6.07, 6.45) is -1.32. The van der Waals surface area contributed by atoms with E-state index in [1.807, 2.05) is 96.1 Å². The van der Waals surface area contributed by atoms with Crippen LogP contribution in [-0.2, 0) is 12.9 Å². The van der Waals surface area contributed by atoms with Crippen LogP contribution in [0.15, 0.2) is 54.6 Å². The number of hydrogen-bond donors (Lipinski definition) is 0. The van der Waals surface area contributed by atoms with Crippen molar-refractivity contribution in [3.63, 3.8) is 0 Å². The van der Waals surface area contributed by atoms with E-state index in [9.17, 15) is 0 Å². The Bertz CT molecular complexity index is 1740. The van der Waals surface area contributed by atoms with Crippen molar-refractivity contribution in [2.75, 3.05) is 0 Å². The molecule has 0 aromatic heterocycles. The van der Waals surface area contributed by atoms with Crippen LogP contribution in [0.3, 0.4) is 0 Å². The lowest BCUT2D eigenvalue weighted by Gasteiger charge is -2.34. The Hall–Kier alpha value is -2.97. The number of hydrogen-bond acceptors (Lipinski definition) is 12. The summed E-state index contributed by atoms with van der Waals surface area (Å²) in [4.78, 5) is 0. The molecule has 1 aliphatic rings. The van der Waals surface area contributed by atoms with Gasteiger partial charge >= 0.3 is 25.8 Å². The molecule has 0 amide bonds. The second-order valence-electron chi connectivity index (χ2n) is 24.7. The third-order valence-corrected chi connectivity index (χ3v) is 17.1. The van der Waals surface area contributed by atoms with Crippen molar-refractivity contribution in [2.24, 2.45) is 32.5 Å². The third-order valence-electron chi connectivity index (χ3n) is 12.9. The molecule has 3 aromatic carbocycles. The second kappa shape index (κ2) is 22.8. The van der Waals surface area contributed by atoms with E-state index in [0.717, 1.165) is 0 Å². The van der Waals surface area contributed by atoms with Gasteiger partial charge in [-0.15, -0.1) is 0 Å². The standard InChI is InChI=1S/C54H87O12P3/c1-34(49(7,8)9)55-40-28-25-29-41(56-35(2)50(10,11)12)46(40)61-67-64-68(62-47-42(57-36(3)51(13,14)15)30-26-31-43(47)58-37(4)52(16,17)18)66-69(65-67)63-48-44(59-38(5)53(19,20)21)32-27-33-45(48)60-39(6)54(22,23)24/h25-39H,1-24H3. The van der Waals surface area contributed by atoms with E-state index in [0.29, 0.717) is 51.7 Å². The Labute approximate surface area is 420 Å². The van der Waals surface area contributed by atoms with E-state index in [4.69, 9.17) is 54.9 Å². The van der Waals surface area contributed by atoms with Gasteiger partial charge < -0.3 is 42.0 Å². The van der Waals surface area contributed by atoms with Gasteiger partial charge in [-0.25, -0.2) is 12.9 Å². The minimum atomic E-state index is -2.38. The lowest BCUT2D eigenvalue weighted by molar-refractivity contribution is 0.0897. The van der Waals surface area contributed by atoms with Gasteiger partial charge in [0.05, 0.1) is 0 Å². The van der Waals surface area contributed by atoms with Crippen LogP contribution in [0.1, 0.15) is 166 Å². The molecule has 1 saturated heterocycles. The molecule has 0 bridgehead atoms. The van der Waals surface area contributed by atoms with Gasteiger partial charge in [0.1, 0.15) is 36.6 Å². The van der Waals surface area contributed by atoms with Crippen molar-refractivity contribution < 1.29 is 54.9 Å². The molecule has 0 saturated carbocycles. The van der Waals surface area contributed by atoms with Crippen LogP contribution >= 0.6 is 25.8 Å². The number of benzene rings is 3. The maximum absolute atomic E-state index is 6.88. The van der Waals surface area contributed by atoms with Crippen LogP contribution in [-0.4, -0.2) is 36.6 Å². The summed E-state index contributed by atoms with van der Waals surface area (Å²) < 4.78 is 80.6. The molecule has 4 rings (SSSR count). The zero-order valence-electron chi connectivity index (χ0n) is 46.4. The molecule has 0 spiro atoms. The zero-order chi connectivity index (χ0) is 52.2. The minimum absolute atomic E-state index is 0.206. The normalized spacial score (nSPS) is 20.1. The highest BCUT2D eigenvalue weighted by molar-refractivity contribution is 7.69. The fourth-order valence-electron chi connectivity index (χ4n) is 5.05. The van der Waals surface area contributed by atoms with Crippen LogP contribution in [0.5, 0.6) is 51.7 Å². The summed E-state index contributed by atoms with van der Waals surface area (Å²) in [6, 6.07) is 16.8. The van der Waals surface area contributed by atoms with Gasteiger partial charge in [-0.1, -0.05) is 143 Å². The quantitative estimate of drug-likeness (QED) is 0.113. The predicted molar refractivity (Wildman–Crippen MR) is 282 cm³/mol. The molecule has 6 atom stereocenters. The van der Waals surface area contributed by atoms with Crippen LogP contribution in [0.4, 0.5) is 0 Å². The first-order valence-corrected chi connectivity index (χ1v) is 27.6. The van der Waals surface area contributed by atoms with Crippen molar-refractivity contribution in [2.45, 2.75) is 203 Å². The number of ether oxygens (including phenoxy) is 6. The first kappa shape index (κ1) is 58.6. The van der Waals surface area contributed by atoms with Crippen molar-refractivity contribution in [3.8, 4) is 51.7 Å². The lowest BCUT2D eigenvalue weighted by atomic mass is 9.90. The van der Waals surface area contributed by atoms with Crippen LogP contribution in [0.25, 0.3) is 0 Å². The predicted octanol–water partition coefficient (Wildman–Crippen LogP) is 17.8. The molecule has 12 nitrogen and oxygen atoms in total. The first-order chi connectivity index (χ1) is 31.4. The summed E-state index contributed by atoms with van der Waals surface area (Å²) in [5, 5.41) is 0. The summed E-state index contributed by atoms with van der Waals surface area (Å²) in [5.74, 6) is 3.64. The Kier molecular flexibility index (Phi) is 19.4. The van der Waals surface area contributed by atoms with E-state index in [2.05, 4.69) is 125 Å². The zero-order valence-corrected chi connectivity index (χ0v) is 49.1. The molecule has 1 heterocycles. The smallest absolute Gasteiger partial charge is 0.413 e. The highest BCUT2D eigenvalue weighted by Crippen LogP contribution is 2.74.